The Morgan fingerprint density at radius 3 is 2.64 bits per heavy atom. The average Bonchev–Trinajstić information content (AvgIpc) is 2.19. The van der Waals surface area contributed by atoms with E-state index in [1.807, 2.05) is 37.3 Å². The summed E-state index contributed by atoms with van der Waals surface area (Å²) in [7, 11) is 0. The standard InChI is InChI=1S/C11H13NO2/c1-8-10(11(13)12-8)14-7-9-5-3-2-4-6-9/h2-6,8,10H,7H2,1H3,(H,12,13). The molecule has 1 N–H and O–H groups in total. The van der Waals surface area contributed by atoms with Crippen LogP contribution in [0.2, 0.25) is 0 Å². The van der Waals surface area contributed by atoms with Crippen LogP contribution in [0.25, 0.3) is 0 Å². The number of ether oxygens (including phenoxy) is 1. The number of carbonyl (C=O) groups is 1. The van der Waals surface area contributed by atoms with Crippen LogP contribution >= 0.6 is 0 Å². The smallest absolute Gasteiger partial charge is 0.251 e. The number of nitrogens with one attached hydrogen (secondary N) is 1. The Kier molecular flexibility index (Phi) is 2.50. The maximum absolute atomic E-state index is 11.0. The highest BCUT2D eigenvalue weighted by atomic mass is 16.5. The van der Waals surface area contributed by atoms with Gasteiger partial charge in [-0.3, -0.25) is 4.79 Å². The molecule has 1 heterocycles. The molecule has 0 spiro atoms. The quantitative estimate of drug-likeness (QED) is 0.726. The van der Waals surface area contributed by atoms with Crippen LogP contribution in [-0.4, -0.2) is 18.1 Å². The molecule has 1 aliphatic heterocycles. The average molecular weight is 191 g/mol. The van der Waals surface area contributed by atoms with E-state index in [9.17, 15) is 4.79 Å². The number of β-lactam (4-membered cyclic amide) rings is 1. The number of benzene rings is 1. The largest absolute Gasteiger partial charge is 0.362 e. The zero-order chi connectivity index (χ0) is 9.97. The molecule has 2 unspecified atom stereocenters. The summed E-state index contributed by atoms with van der Waals surface area (Å²) in [5.41, 5.74) is 1.10. The van der Waals surface area contributed by atoms with Crippen LogP contribution in [0, 0.1) is 0 Å². The zero-order valence-electron chi connectivity index (χ0n) is 8.07. The molecule has 2 rings (SSSR count). The molecule has 1 fully saturated rings. The number of hydrogen-bond acceptors (Lipinski definition) is 2. The van der Waals surface area contributed by atoms with Crippen molar-refractivity contribution < 1.29 is 9.53 Å². The minimum Gasteiger partial charge on any atom is -0.362 e. The van der Waals surface area contributed by atoms with Crippen molar-refractivity contribution in [2.75, 3.05) is 0 Å². The molecule has 0 aliphatic carbocycles. The summed E-state index contributed by atoms with van der Waals surface area (Å²) in [5.74, 6) is -0.00608. The molecule has 0 radical (unpaired) electrons. The number of amides is 1. The lowest BCUT2D eigenvalue weighted by Gasteiger charge is -2.33. The molecule has 1 aliphatic rings. The number of carbonyl (C=O) groups excluding carboxylic acids is 1. The fourth-order valence-electron chi connectivity index (χ4n) is 1.49. The van der Waals surface area contributed by atoms with Crippen molar-refractivity contribution >= 4 is 5.91 Å². The third-order valence-electron chi connectivity index (χ3n) is 2.35. The van der Waals surface area contributed by atoms with E-state index in [0.717, 1.165) is 5.56 Å². The lowest BCUT2D eigenvalue weighted by atomic mass is 10.0. The predicted octanol–water partition coefficient (Wildman–Crippen LogP) is 1.09. The van der Waals surface area contributed by atoms with Gasteiger partial charge in [0, 0.05) is 0 Å². The second-order valence-corrected chi connectivity index (χ2v) is 3.51. The molecule has 74 valence electrons. The van der Waals surface area contributed by atoms with Gasteiger partial charge in [-0.2, -0.15) is 0 Å². The lowest BCUT2D eigenvalue weighted by Crippen LogP contribution is -2.61. The summed E-state index contributed by atoms with van der Waals surface area (Å²) >= 11 is 0. The fourth-order valence-corrected chi connectivity index (χ4v) is 1.49. The first-order chi connectivity index (χ1) is 6.77. The number of rotatable bonds is 3. The van der Waals surface area contributed by atoms with Gasteiger partial charge in [0.25, 0.3) is 5.91 Å². The van der Waals surface area contributed by atoms with Crippen molar-refractivity contribution in [3.63, 3.8) is 0 Å². The summed E-state index contributed by atoms with van der Waals surface area (Å²) in [6.45, 7) is 2.44. The highest BCUT2D eigenvalue weighted by Crippen LogP contribution is 2.12. The molecular weight excluding hydrogens is 178 g/mol. The molecule has 1 saturated heterocycles. The second-order valence-electron chi connectivity index (χ2n) is 3.51. The molecule has 0 saturated carbocycles. The van der Waals surface area contributed by atoms with Crippen LogP contribution in [0.3, 0.4) is 0 Å². The van der Waals surface area contributed by atoms with Gasteiger partial charge >= 0.3 is 0 Å². The van der Waals surface area contributed by atoms with Crippen LogP contribution in [0.15, 0.2) is 30.3 Å². The third kappa shape index (κ3) is 1.77. The van der Waals surface area contributed by atoms with Crippen molar-refractivity contribution in [2.24, 2.45) is 0 Å². The van der Waals surface area contributed by atoms with E-state index in [2.05, 4.69) is 5.32 Å². The molecule has 1 aromatic rings. The lowest BCUT2D eigenvalue weighted by molar-refractivity contribution is -0.148. The van der Waals surface area contributed by atoms with Crippen molar-refractivity contribution in [1.29, 1.82) is 0 Å². The Labute approximate surface area is 83.1 Å². The first kappa shape index (κ1) is 9.21. The van der Waals surface area contributed by atoms with Crippen molar-refractivity contribution in [3.05, 3.63) is 35.9 Å². The summed E-state index contributed by atoms with van der Waals surface area (Å²) in [4.78, 5) is 11.0. The van der Waals surface area contributed by atoms with E-state index in [-0.39, 0.29) is 18.1 Å². The maximum atomic E-state index is 11.0. The summed E-state index contributed by atoms with van der Waals surface area (Å²) in [5, 5.41) is 2.73. The molecule has 0 aromatic heterocycles. The molecule has 0 bridgehead atoms. The first-order valence-corrected chi connectivity index (χ1v) is 4.73. The Morgan fingerprint density at radius 2 is 2.07 bits per heavy atom. The van der Waals surface area contributed by atoms with Gasteiger partial charge in [0.15, 0.2) is 6.10 Å². The van der Waals surface area contributed by atoms with Crippen molar-refractivity contribution in [3.8, 4) is 0 Å². The van der Waals surface area contributed by atoms with Gasteiger partial charge in [-0.15, -0.1) is 0 Å². The van der Waals surface area contributed by atoms with Gasteiger partial charge in [-0.1, -0.05) is 30.3 Å². The molecule has 14 heavy (non-hydrogen) atoms. The monoisotopic (exact) mass is 191 g/mol. The van der Waals surface area contributed by atoms with Crippen LogP contribution < -0.4 is 5.32 Å². The Bertz CT molecular complexity index is 323. The Morgan fingerprint density at radius 1 is 1.36 bits per heavy atom. The number of hydrogen-bond donors (Lipinski definition) is 1. The molecular formula is C11H13NO2. The van der Waals surface area contributed by atoms with Crippen molar-refractivity contribution in [1.82, 2.24) is 5.32 Å². The van der Waals surface area contributed by atoms with Gasteiger partial charge in [0.1, 0.15) is 0 Å². The molecule has 1 amide bonds. The maximum Gasteiger partial charge on any atom is 0.251 e. The third-order valence-corrected chi connectivity index (χ3v) is 2.35. The van der Waals surface area contributed by atoms with Gasteiger partial charge in [0.2, 0.25) is 0 Å². The summed E-state index contributed by atoms with van der Waals surface area (Å²) < 4.78 is 5.48. The van der Waals surface area contributed by atoms with Gasteiger partial charge in [-0.05, 0) is 12.5 Å². The molecule has 3 heteroatoms. The van der Waals surface area contributed by atoms with E-state index >= 15 is 0 Å². The van der Waals surface area contributed by atoms with Crippen LogP contribution in [0.4, 0.5) is 0 Å². The molecule has 2 atom stereocenters. The topological polar surface area (TPSA) is 38.3 Å². The Balaban J connectivity index is 1.86. The highest BCUT2D eigenvalue weighted by Gasteiger charge is 2.36. The minimum absolute atomic E-state index is 0.00608. The van der Waals surface area contributed by atoms with Crippen LogP contribution in [0.5, 0.6) is 0 Å². The molecule has 1 aromatic carbocycles. The van der Waals surface area contributed by atoms with Crippen LogP contribution in [-0.2, 0) is 16.1 Å². The normalized spacial score (nSPS) is 25.4. The van der Waals surface area contributed by atoms with Gasteiger partial charge in [0.05, 0.1) is 12.6 Å². The minimum atomic E-state index is -0.268. The first-order valence-electron chi connectivity index (χ1n) is 4.73. The summed E-state index contributed by atoms with van der Waals surface area (Å²) in [6, 6.07) is 10.0. The summed E-state index contributed by atoms with van der Waals surface area (Å²) in [6.07, 6.45) is -0.268. The van der Waals surface area contributed by atoms with E-state index < -0.39 is 0 Å². The molecule has 3 nitrogen and oxygen atoms in total. The predicted molar refractivity (Wildman–Crippen MR) is 52.6 cm³/mol. The highest BCUT2D eigenvalue weighted by molar-refractivity contribution is 5.88. The van der Waals surface area contributed by atoms with E-state index in [1.54, 1.807) is 0 Å². The van der Waals surface area contributed by atoms with Crippen molar-refractivity contribution in [2.45, 2.75) is 25.7 Å². The SMILES string of the molecule is CC1NC(=O)C1OCc1ccccc1. The van der Waals surface area contributed by atoms with E-state index in [0.29, 0.717) is 6.61 Å². The van der Waals surface area contributed by atoms with Gasteiger partial charge < -0.3 is 10.1 Å². The fraction of sp³-hybridized carbons (Fsp3) is 0.364. The van der Waals surface area contributed by atoms with E-state index in [4.69, 9.17) is 4.74 Å². The zero-order valence-corrected chi connectivity index (χ0v) is 8.07. The van der Waals surface area contributed by atoms with Gasteiger partial charge in [-0.25, -0.2) is 0 Å². The van der Waals surface area contributed by atoms with Crippen LogP contribution in [0.1, 0.15) is 12.5 Å². The second kappa shape index (κ2) is 3.80. The van der Waals surface area contributed by atoms with E-state index in [1.165, 1.54) is 0 Å². The Hall–Kier alpha value is -1.35.